The Morgan fingerprint density at radius 3 is 2.42 bits per heavy atom. The average molecular weight is 415 g/mol. The van der Waals surface area contributed by atoms with Gasteiger partial charge in [-0.3, -0.25) is 4.79 Å². The van der Waals surface area contributed by atoms with E-state index in [-0.39, 0.29) is 10.8 Å². The van der Waals surface area contributed by atoms with Gasteiger partial charge in [0.15, 0.2) is 0 Å². The highest BCUT2D eigenvalue weighted by atomic mass is 35.5. The van der Waals surface area contributed by atoms with Crippen LogP contribution in [0.2, 0.25) is 5.02 Å². The second kappa shape index (κ2) is 8.47. The normalized spacial score (nSPS) is 16.0. The third-order valence-corrected chi connectivity index (χ3v) is 7.20. The van der Waals surface area contributed by atoms with Gasteiger partial charge in [0, 0.05) is 31.2 Å². The predicted molar refractivity (Wildman–Crippen MR) is 102 cm³/mol. The Morgan fingerprint density at radius 1 is 1.12 bits per heavy atom. The maximum absolute atomic E-state index is 12.6. The van der Waals surface area contributed by atoms with Crippen LogP contribution in [0, 0.1) is 0 Å². The number of hydrogen-bond acceptors (Lipinski definition) is 5. The zero-order valence-corrected chi connectivity index (χ0v) is 16.4. The first-order chi connectivity index (χ1) is 12.5. The minimum atomic E-state index is -3.56. The molecule has 140 valence electrons. The highest BCUT2D eigenvalue weighted by Gasteiger charge is 2.29. The van der Waals surface area contributed by atoms with Gasteiger partial charge >= 0.3 is 0 Å². The molecular weight excluding hydrogens is 396 g/mol. The van der Waals surface area contributed by atoms with Crippen LogP contribution in [0.3, 0.4) is 0 Å². The predicted octanol–water partition coefficient (Wildman–Crippen LogP) is 2.70. The van der Waals surface area contributed by atoms with Crippen LogP contribution in [0.1, 0.15) is 5.76 Å². The lowest BCUT2D eigenvalue weighted by atomic mass is 10.3. The fourth-order valence-corrected chi connectivity index (χ4v) is 5.03. The summed E-state index contributed by atoms with van der Waals surface area (Å²) in [5.74, 6) is 1.85. The van der Waals surface area contributed by atoms with Gasteiger partial charge in [0.05, 0.1) is 22.7 Å². The molecular formula is C17H19ClN2O4S2. The summed E-state index contributed by atoms with van der Waals surface area (Å²) in [6, 6.07) is 9.81. The lowest BCUT2D eigenvalue weighted by Crippen LogP contribution is -2.50. The fraction of sp³-hybridized carbons (Fsp3) is 0.353. The molecule has 1 amide bonds. The largest absolute Gasteiger partial charge is 0.468 e. The van der Waals surface area contributed by atoms with E-state index >= 15 is 0 Å². The minimum absolute atomic E-state index is 0.0186. The number of thioether (sulfide) groups is 1. The van der Waals surface area contributed by atoms with E-state index in [1.807, 2.05) is 12.1 Å². The minimum Gasteiger partial charge on any atom is -0.468 e. The van der Waals surface area contributed by atoms with Crippen LogP contribution in [0.15, 0.2) is 52.0 Å². The van der Waals surface area contributed by atoms with E-state index < -0.39 is 10.0 Å². The summed E-state index contributed by atoms with van der Waals surface area (Å²) in [4.78, 5) is 14.2. The smallest absolute Gasteiger partial charge is 0.243 e. The maximum Gasteiger partial charge on any atom is 0.243 e. The van der Waals surface area contributed by atoms with Crippen molar-refractivity contribution in [3.05, 3.63) is 53.4 Å². The second-order valence-electron chi connectivity index (χ2n) is 5.81. The van der Waals surface area contributed by atoms with Gasteiger partial charge in [-0.1, -0.05) is 11.6 Å². The van der Waals surface area contributed by atoms with Crippen molar-refractivity contribution in [1.29, 1.82) is 0 Å². The van der Waals surface area contributed by atoms with Crippen LogP contribution in [0.25, 0.3) is 0 Å². The summed E-state index contributed by atoms with van der Waals surface area (Å²) in [5, 5.41) is 0.492. The van der Waals surface area contributed by atoms with Crippen LogP contribution in [-0.2, 0) is 20.6 Å². The van der Waals surface area contributed by atoms with E-state index in [2.05, 4.69) is 0 Å². The number of sulfonamides is 1. The molecule has 1 aliphatic heterocycles. The van der Waals surface area contributed by atoms with Crippen molar-refractivity contribution in [2.75, 3.05) is 31.9 Å². The monoisotopic (exact) mass is 414 g/mol. The SMILES string of the molecule is O=C(CSCc1ccco1)N1CCN(S(=O)(=O)c2ccc(Cl)cc2)CC1. The van der Waals surface area contributed by atoms with Crippen molar-refractivity contribution < 1.29 is 17.6 Å². The third-order valence-electron chi connectivity index (χ3n) is 4.09. The molecule has 0 spiro atoms. The first kappa shape index (κ1) is 19.3. The molecule has 2 heterocycles. The van der Waals surface area contributed by atoms with E-state index in [0.717, 1.165) is 5.76 Å². The van der Waals surface area contributed by atoms with Crippen molar-refractivity contribution in [2.45, 2.75) is 10.6 Å². The second-order valence-corrected chi connectivity index (χ2v) is 9.17. The Labute approximate surface area is 162 Å². The standard InChI is InChI=1S/C17H19ClN2O4S2/c18-14-3-5-16(6-4-14)26(22,23)20-9-7-19(8-10-20)17(21)13-25-12-15-2-1-11-24-15/h1-6,11H,7-10,12-13H2. The number of piperazine rings is 1. The number of benzene rings is 1. The van der Waals surface area contributed by atoms with Gasteiger partial charge in [-0.2, -0.15) is 4.31 Å². The lowest BCUT2D eigenvalue weighted by Gasteiger charge is -2.34. The van der Waals surface area contributed by atoms with Gasteiger partial charge in [-0.25, -0.2) is 8.42 Å². The fourth-order valence-electron chi connectivity index (χ4n) is 2.66. The van der Waals surface area contributed by atoms with Crippen molar-refractivity contribution in [2.24, 2.45) is 0 Å². The topological polar surface area (TPSA) is 70.8 Å². The molecule has 1 saturated heterocycles. The first-order valence-electron chi connectivity index (χ1n) is 8.10. The molecule has 0 saturated carbocycles. The number of halogens is 1. The molecule has 26 heavy (non-hydrogen) atoms. The molecule has 3 rings (SSSR count). The number of nitrogens with zero attached hydrogens (tertiary/aromatic N) is 2. The summed E-state index contributed by atoms with van der Waals surface area (Å²) in [6.07, 6.45) is 1.61. The first-order valence-corrected chi connectivity index (χ1v) is 11.1. The Hall–Kier alpha value is -1.48. The molecule has 0 aliphatic carbocycles. The van der Waals surface area contributed by atoms with Crippen LogP contribution < -0.4 is 0 Å². The molecule has 1 aromatic heterocycles. The van der Waals surface area contributed by atoms with E-state index in [4.69, 9.17) is 16.0 Å². The molecule has 0 atom stereocenters. The highest BCUT2D eigenvalue weighted by molar-refractivity contribution is 7.99. The number of carbonyl (C=O) groups is 1. The zero-order valence-electron chi connectivity index (χ0n) is 14.0. The number of rotatable bonds is 6. The summed E-state index contributed by atoms with van der Waals surface area (Å²) in [7, 11) is -3.56. The van der Waals surface area contributed by atoms with Gasteiger partial charge in [-0.05, 0) is 36.4 Å². The molecule has 0 bridgehead atoms. The highest BCUT2D eigenvalue weighted by Crippen LogP contribution is 2.20. The molecule has 1 aliphatic rings. The Bertz CT molecular complexity index is 830. The summed E-state index contributed by atoms with van der Waals surface area (Å²) < 4.78 is 31.9. The molecule has 2 aromatic rings. The van der Waals surface area contributed by atoms with Gasteiger partial charge < -0.3 is 9.32 Å². The van der Waals surface area contributed by atoms with Gasteiger partial charge in [0.25, 0.3) is 0 Å². The van der Waals surface area contributed by atoms with Crippen molar-refractivity contribution in [3.8, 4) is 0 Å². The van der Waals surface area contributed by atoms with E-state index in [9.17, 15) is 13.2 Å². The summed E-state index contributed by atoms with van der Waals surface area (Å²) >= 11 is 7.30. The van der Waals surface area contributed by atoms with Gasteiger partial charge in [0.2, 0.25) is 15.9 Å². The number of amides is 1. The van der Waals surface area contributed by atoms with Crippen LogP contribution in [-0.4, -0.2) is 55.5 Å². The average Bonchev–Trinajstić information content (AvgIpc) is 3.15. The van der Waals surface area contributed by atoms with E-state index in [1.54, 1.807) is 23.3 Å². The van der Waals surface area contributed by atoms with E-state index in [1.165, 1.54) is 28.2 Å². The lowest BCUT2D eigenvalue weighted by molar-refractivity contribution is -0.129. The molecule has 9 heteroatoms. The van der Waals surface area contributed by atoms with Gasteiger partial charge in [-0.15, -0.1) is 11.8 Å². The van der Waals surface area contributed by atoms with Crippen LogP contribution in [0.4, 0.5) is 0 Å². The molecule has 0 radical (unpaired) electrons. The Kier molecular flexibility index (Phi) is 6.29. The Balaban J connectivity index is 1.50. The summed E-state index contributed by atoms with van der Waals surface area (Å²) in [6.45, 7) is 1.37. The van der Waals surface area contributed by atoms with Crippen molar-refractivity contribution in [1.82, 2.24) is 9.21 Å². The number of carbonyl (C=O) groups excluding carboxylic acids is 1. The van der Waals surface area contributed by atoms with Crippen molar-refractivity contribution >= 4 is 39.3 Å². The molecule has 6 nitrogen and oxygen atoms in total. The quantitative estimate of drug-likeness (QED) is 0.726. The summed E-state index contributed by atoms with van der Waals surface area (Å²) in [5.41, 5.74) is 0. The van der Waals surface area contributed by atoms with Gasteiger partial charge in [0.1, 0.15) is 5.76 Å². The molecule has 0 unspecified atom stereocenters. The molecule has 0 N–H and O–H groups in total. The zero-order chi connectivity index (χ0) is 18.6. The van der Waals surface area contributed by atoms with Crippen molar-refractivity contribution in [3.63, 3.8) is 0 Å². The third kappa shape index (κ3) is 4.62. The van der Waals surface area contributed by atoms with Crippen LogP contribution in [0.5, 0.6) is 0 Å². The number of furan rings is 1. The number of hydrogen-bond donors (Lipinski definition) is 0. The van der Waals surface area contributed by atoms with E-state index in [0.29, 0.717) is 42.7 Å². The maximum atomic E-state index is 12.6. The molecule has 1 fully saturated rings. The van der Waals surface area contributed by atoms with Crippen LogP contribution >= 0.6 is 23.4 Å². The Morgan fingerprint density at radius 2 is 1.81 bits per heavy atom. The molecule has 1 aromatic carbocycles.